The van der Waals surface area contributed by atoms with E-state index in [4.69, 9.17) is 11.6 Å². The first-order valence-corrected chi connectivity index (χ1v) is 5.94. The molecule has 0 aliphatic heterocycles. The lowest BCUT2D eigenvalue weighted by molar-refractivity contribution is -0.115. The minimum Gasteiger partial charge on any atom is -0.323 e. The molecule has 16 heavy (non-hydrogen) atoms. The Balaban J connectivity index is 2.00. The molecule has 0 aliphatic carbocycles. The Bertz CT molecular complexity index is 484. The number of amides is 1. The van der Waals surface area contributed by atoms with E-state index in [-0.39, 0.29) is 5.91 Å². The Morgan fingerprint density at radius 2 is 2.31 bits per heavy atom. The quantitative estimate of drug-likeness (QED) is 0.854. The van der Waals surface area contributed by atoms with Gasteiger partial charge < -0.3 is 5.32 Å². The highest BCUT2D eigenvalue weighted by molar-refractivity contribution is 7.10. The summed E-state index contributed by atoms with van der Waals surface area (Å²) in [6.45, 7) is 0. The lowest BCUT2D eigenvalue weighted by atomic mass is 10.3. The summed E-state index contributed by atoms with van der Waals surface area (Å²) in [6.07, 6.45) is 1.94. The summed E-state index contributed by atoms with van der Waals surface area (Å²) in [6, 6.07) is 7.30. The van der Waals surface area contributed by atoms with Crippen molar-refractivity contribution in [2.45, 2.75) is 6.42 Å². The Labute approximate surface area is 102 Å². The SMILES string of the molecule is O=C(Cc1cccs1)Nc1cccnc1Cl. The van der Waals surface area contributed by atoms with E-state index >= 15 is 0 Å². The van der Waals surface area contributed by atoms with Crippen LogP contribution >= 0.6 is 22.9 Å². The molecule has 1 amide bonds. The van der Waals surface area contributed by atoms with E-state index in [9.17, 15) is 4.79 Å². The van der Waals surface area contributed by atoms with Gasteiger partial charge in [-0.3, -0.25) is 4.79 Å². The van der Waals surface area contributed by atoms with E-state index in [2.05, 4.69) is 10.3 Å². The summed E-state index contributed by atoms with van der Waals surface area (Å²) in [5.74, 6) is -0.0858. The molecule has 0 bridgehead atoms. The maximum atomic E-state index is 11.6. The second-order valence-corrected chi connectivity index (χ2v) is 4.54. The predicted molar refractivity (Wildman–Crippen MR) is 65.9 cm³/mol. The number of carbonyl (C=O) groups excluding carboxylic acids is 1. The molecule has 0 radical (unpaired) electrons. The first-order valence-electron chi connectivity index (χ1n) is 4.68. The highest BCUT2D eigenvalue weighted by atomic mass is 35.5. The number of hydrogen-bond acceptors (Lipinski definition) is 3. The van der Waals surface area contributed by atoms with Crippen molar-refractivity contribution in [1.82, 2.24) is 4.98 Å². The molecule has 0 aliphatic rings. The molecule has 0 saturated carbocycles. The number of pyridine rings is 1. The van der Waals surface area contributed by atoms with E-state index in [0.717, 1.165) is 4.88 Å². The zero-order chi connectivity index (χ0) is 11.4. The van der Waals surface area contributed by atoms with Gasteiger partial charge >= 0.3 is 0 Å². The summed E-state index contributed by atoms with van der Waals surface area (Å²) in [7, 11) is 0. The molecule has 2 heterocycles. The smallest absolute Gasteiger partial charge is 0.229 e. The summed E-state index contributed by atoms with van der Waals surface area (Å²) >= 11 is 7.38. The highest BCUT2D eigenvalue weighted by Gasteiger charge is 2.07. The van der Waals surface area contributed by atoms with Gasteiger partial charge in [-0.15, -0.1) is 11.3 Å². The van der Waals surface area contributed by atoms with Gasteiger partial charge in [-0.1, -0.05) is 17.7 Å². The molecule has 5 heteroatoms. The van der Waals surface area contributed by atoms with Crippen LogP contribution in [0.1, 0.15) is 4.88 Å². The van der Waals surface area contributed by atoms with E-state index < -0.39 is 0 Å². The molecule has 0 aromatic carbocycles. The summed E-state index contributed by atoms with van der Waals surface area (Å²) < 4.78 is 0. The van der Waals surface area contributed by atoms with Gasteiger partial charge in [-0.2, -0.15) is 0 Å². The number of rotatable bonds is 3. The normalized spacial score (nSPS) is 10.1. The molecular weight excluding hydrogens is 244 g/mol. The van der Waals surface area contributed by atoms with Crippen molar-refractivity contribution < 1.29 is 4.79 Å². The minimum absolute atomic E-state index is 0.0858. The Morgan fingerprint density at radius 1 is 1.44 bits per heavy atom. The van der Waals surface area contributed by atoms with Crippen LogP contribution in [0.4, 0.5) is 5.69 Å². The van der Waals surface area contributed by atoms with E-state index in [1.807, 2.05) is 17.5 Å². The predicted octanol–water partition coefficient (Wildman–Crippen LogP) is 2.98. The van der Waals surface area contributed by atoms with Crippen LogP contribution in [0.2, 0.25) is 5.15 Å². The fourth-order valence-corrected chi connectivity index (χ4v) is 2.12. The Morgan fingerprint density at radius 3 is 3.00 bits per heavy atom. The van der Waals surface area contributed by atoms with Crippen LogP contribution in [0.15, 0.2) is 35.8 Å². The fraction of sp³-hybridized carbons (Fsp3) is 0.0909. The highest BCUT2D eigenvalue weighted by Crippen LogP contribution is 2.18. The number of anilines is 1. The second kappa shape index (κ2) is 5.09. The molecule has 0 atom stereocenters. The average molecular weight is 253 g/mol. The number of halogens is 1. The van der Waals surface area contributed by atoms with E-state index in [1.54, 1.807) is 29.7 Å². The van der Waals surface area contributed by atoms with E-state index in [0.29, 0.717) is 17.3 Å². The van der Waals surface area contributed by atoms with Crippen LogP contribution < -0.4 is 5.32 Å². The maximum absolute atomic E-state index is 11.6. The fourth-order valence-electron chi connectivity index (χ4n) is 1.25. The number of nitrogens with zero attached hydrogens (tertiary/aromatic N) is 1. The average Bonchev–Trinajstić information content (AvgIpc) is 2.74. The van der Waals surface area contributed by atoms with Gasteiger partial charge in [0.05, 0.1) is 12.1 Å². The summed E-state index contributed by atoms with van der Waals surface area (Å²) in [5.41, 5.74) is 0.547. The zero-order valence-corrected chi connectivity index (χ0v) is 9.89. The minimum atomic E-state index is -0.0858. The summed E-state index contributed by atoms with van der Waals surface area (Å²) in [4.78, 5) is 16.5. The van der Waals surface area contributed by atoms with Gasteiger partial charge in [-0.05, 0) is 23.6 Å². The van der Waals surface area contributed by atoms with Crippen LogP contribution in [0, 0.1) is 0 Å². The van der Waals surface area contributed by atoms with Gasteiger partial charge in [0, 0.05) is 11.1 Å². The number of nitrogens with one attached hydrogen (secondary N) is 1. The van der Waals surface area contributed by atoms with Gasteiger partial charge in [0.2, 0.25) is 5.91 Å². The largest absolute Gasteiger partial charge is 0.323 e. The number of hydrogen-bond donors (Lipinski definition) is 1. The maximum Gasteiger partial charge on any atom is 0.229 e. The van der Waals surface area contributed by atoms with Crippen molar-refractivity contribution in [2.75, 3.05) is 5.32 Å². The monoisotopic (exact) mass is 252 g/mol. The topological polar surface area (TPSA) is 42.0 Å². The molecule has 2 aromatic heterocycles. The first kappa shape index (κ1) is 11.1. The summed E-state index contributed by atoms with van der Waals surface area (Å²) in [5, 5.41) is 4.97. The Kier molecular flexibility index (Phi) is 3.54. The number of thiophene rings is 1. The molecule has 0 unspecified atom stereocenters. The van der Waals surface area contributed by atoms with Crippen LogP contribution in [0.5, 0.6) is 0 Å². The molecular formula is C11H9ClN2OS. The van der Waals surface area contributed by atoms with Crippen LogP contribution in [0.3, 0.4) is 0 Å². The molecule has 0 fully saturated rings. The third kappa shape index (κ3) is 2.81. The number of carbonyl (C=O) groups is 1. The lowest BCUT2D eigenvalue weighted by Gasteiger charge is -2.04. The zero-order valence-electron chi connectivity index (χ0n) is 8.31. The molecule has 3 nitrogen and oxygen atoms in total. The van der Waals surface area contributed by atoms with Crippen molar-refractivity contribution in [3.8, 4) is 0 Å². The molecule has 0 saturated heterocycles. The van der Waals surface area contributed by atoms with Crippen molar-refractivity contribution in [3.63, 3.8) is 0 Å². The first-order chi connectivity index (χ1) is 7.75. The molecule has 82 valence electrons. The molecule has 0 spiro atoms. The Hall–Kier alpha value is -1.39. The van der Waals surface area contributed by atoms with Gasteiger partial charge in [0.15, 0.2) is 5.15 Å². The van der Waals surface area contributed by atoms with Crippen molar-refractivity contribution >= 4 is 34.5 Å². The number of aromatic nitrogens is 1. The molecule has 2 aromatic rings. The van der Waals surface area contributed by atoms with Crippen molar-refractivity contribution in [2.24, 2.45) is 0 Å². The van der Waals surface area contributed by atoms with Crippen molar-refractivity contribution in [1.29, 1.82) is 0 Å². The third-order valence-electron chi connectivity index (χ3n) is 1.95. The van der Waals surface area contributed by atoms with Gasteiger partial charge in [0.1, 0.15) is 0 Å². The van der Waals surface area contributed by atoms with Crippen LogP contribution in [0.25, 0.3) is 0 Å². The van der Waals surface area contributed by atoms with E-state index in [1.165, 1.54) is 0 Å². The molecule has 2 rings (SSSR count). The van der Waals surface area contributed by atoms with Crippen LogP contribution in [-0.4, -0.2) is 10.9 Å². The second-order valence-electron chi connectivity index (χ2n) is 3.15. The van der Waals surface area contributed by atoms with Crippen molar-refractivity contribution in [3.05, 3.63) is 45.9 Å². The standard InChI is InChI=1S/C11H9ClN2OS/c12-11-9(4-1-5-13-11)14-10(15)7-8-3-2-6-16-8/h1-6H,7H2,(H,14,15). The van der Waals surface area contributed by atoms with Crippen LogP contribution in [-0.2, 0) is 11.2 Å². The third-order valence-corrected chi connectivity index (χ3v) is 3.13. The van der Waals surface area contributed by atoms with Gasteiger partial charge in [0.25, 0.3) is 0 Å². The van der Waals surface area contributed by atoms with Gasteiger partial charge in [-0.25, -0.2) is 4.98 Å². The lowest BCUT2D eigenvalue weighted by Crippen LogP contribution is -2.14. The molecule has 1 N–H and O–H groups in total.